The highest BCUT2D eigenvalue weighted by atomic mass is 15.1. The Morgan fingerprint density at radius 1 is 1.50 bits per heavy atom. The average molecular weight is 199 g/mol. The Morgan fingerprint density at radius 3 is 2.86 bits per heavy atom. The van der Waals surface area contributed by atoms with Crippen LogP contribution < -0.4 is 10.6 Å². The molecular formula is C11H25N3. The Bertz CT molecular complexity index is 141. The van der Waals surface area contributed by atoms with Gasteiger partial charge in [0, 0.05) is 25.2 Å². The van der Waals surface area contributed by atoms with Crippen molar-refractivity contribution in [3.63, 3.8) is 0 Å². The van der Waals surface area contributed by atoms with Crippen molar-refractivity contribution in [3.05, 3.63) is 0 Å². The van der Waals surface area contributed by atoms with Crippen LogP contribution in [0.2, 0.25) is 0 Å². The quantitative estimate of drug-likeness (QED) is 0.658. The first-order valence-corrected chi connectivity index (χ1v) is 5.80. The zero-order valence-corrected chi connectivity index (χ0v) is 9.84. The molecule has 0 bridgehead atoms. The zero-order chi connectivity index (χ0) is 10.4. The molecule has 1 aliphatic rings. The van der Waals surface area contributed by atoms with Crippen molar-refractivity contribution in [2.75, 3.05) is 33.7 Å². The van der Waals surface area contributed by atoms with Crippen LogP contribution in [-0.2, 0) is 0 Å². The van der Waals surface area contributed by atoms with Gasteiger partial charge in [0.2, 0.25) is 0 Å². The summed E-state index contributed by atoms with van der Waals surface area (Å²) >= 11 is 0. The van der Waals surface area contributed by atoms with Gasteiger partial charge < -0.3 is 15.5 Å². The van der Waals surface area contributed by atoms with Crippen LogP contribution in [0.1, 0.15) is 26.2 Å². The molecule has 1 saturated heterocycles. The Hall–Kier alpha value is -0.120. The van der Waals surface area contributed by atoms with Crippen LogP contribution in [0.4, 0.5) is 0 Å². The fourth-order valence-electron chi connectivity index (χ4n) is 2.00. The zero-order valence-electron chi connectivity index (χ0n) is 9.84. The first-order chi connectivity index (χ1) is 6.68. The third kappa shape index (κ3) is 4.94. The van der Waals surface area contributed by atoms with Crippen LogP contribution in [0, 0.1) is 0 Å². The summed E-state index contributed by atoms with van der Waals surface area (Å²) in [6, 6.07) is 1.41. The maximum absolute atomic E-state index is 3.56. The van der Waals surface area contributed by atoms with E-state index in [4.69, 9.17) is 0 Å². The molecule has 0 spiro atoms. The molecular weight excluding hydrogens is 174 g/mol. The largest absolute Gasteiger partial charge is 0.314 e. The molecule has 1 heterocycles. The van der Waals surface area contributed by atoms with Gasteiger partial charge in [-0.15, -0.1) is 0 Å². The Morgan fingerprint density at radius 2 is 2.29 bits per heavy atom. The minimum atomic E-state index is 0.644. The first kappa shape index (κ1) is 12.0. The number of nitrogens with zero attached hydrogens (tertiary/aromatic N) is 1. The Kier molecular flexibility index (Phi) is 5.45. The summed E-state index contributed by atoms with van der Waals surface area (Å²) in [5.41, 5.74) is 0. The van der Waals surface area contributed by atoms with Gasteiger partial charge >= 0.3 is 0 Å². The van der Waals surface area contributed by atoms with E-state index in [-0.39, 0.29) is 0 Å². The second-order valence-corrected chi connectivity index (χ2v) is 4.69. The summed E-state index contributed by atoms with van der Waals surface area (Å²) in [5.74, 6) is 0. The van der Waals surface area contributed by atoms with Gasteiger partial charge in [0.05, 0.1) is 0 Å². The molecule has 1 aliphatic heterocycles. The average Bonchev–Trinajstić information content (AvgIpc) is 2.56. The van der Waals surface area contributed by atoms with E-state index in [0.29, 0.717) is 6.04 Å². The topological polar surface area (TPSA) is 27.3 Å². The van der Waals surface area contributed by atoms with E-state index >= 15 is 0 Å². The molecule has 0 aromatic rings. The highest BCUT2D eigenvalue weighted by Gasteiger charge is 2.16. The van der Waals surface area contributed by atoms with Crippen LogP contribution in [0.5, 0.6) is 0 Å². The smallest absolute Gasteiger partial charge is 0.0101 e. The van der Waals surface area contributed by atoms with E-state index in [1.54, 1.807) is 0 Å². The monoisotopic (exact) mass is 199 g/mol. The lowest BCUT2D eigenvalue weighted by molar-refractivity contribution is 0.371. The maximum Gasteiger partial charge on any atom is 0.0101 e. The summed E-state index contributed by atoms with van der Waals surface area (Å²) in [7, 11) is 4.23. The predicted molar refractivity (Wildman–Crippen MR) is 61.7 cm³/mol. The number of hydrogen-bond donors (Lipinski definition) is 2. The van der Waals surface area contributed by atoms with Crippen molar-refractivity contribution in [1.82, 2.24) is 15.5 Å². The van der Waals surface area contributed by atoms with Gasteiger partial charge in [-0.2, -0.15) is 0 Å². The number of rotatable bonds is 6. The summed E-state index contributed by atoms with van der Waals surface area (Å²) in [6.45, 7) is 5.73. The highest BCUT2D eigenvalue weighted by molar-refractivity contribution is 4.78. The van der Waals surface area contributed by atoms with Crippen LogP contribution in [-0.4, -0.2) is 50.7 Å². The normalized spacial score (nSPS) is 24.4. The summed E-state index contributed by atoms with van der Waals surface area (Å²) in [6.07, 6.45) is 3.99. The van der Waals surface area contributed by atoms with Gasteiger partial charge in [-0.25, -0.2) is 0 Å². The summed E-state index contributed by atoms with van der Waals surface area (Å²) in [4.78, 5) is 2.22. The molecule has 84 valence electrons. The molecule has 3 heteroatoms. The van der Waals surface area contributed by atoms with E-state index in [1.165, 1.54) is 25.8 Å². The van der Waals surface area contributed by atoms with Crippen molar-refractivity contribution in [2.24, 2.45) is 0 Å². The molecule has 0 radical (unpaired) electrons. The van der Waals surface area contributed by atoms with Crippen molar-refractivity contribution in [1.29, 1.82) is 0 Å². The van der Waals surface area contributed by atoms with Crippen molar-refractivity contribution < 1.29 is 0 Å². The molecule has 2 unspecified atom stereocenters. The SMILES string of the molecule is CC(CC1CCCN1)NCCN(C)C. The fraction of sp³-hybridized carbons (Fsp3) is 1.00. The lowest BCUT2D eigenvalue weighted by Gasteiger charge is -2.19. The summed E-state index contributed by atoms with van der Waals surface area (Å²) < 4.78 is 0. The maximum atomic E-state index is 3.56. The van der Waals surface area contributed by atoms with E-state index in [2.05, 4.69) is 36.6 Å². The van der Waals surface area contributed by atoms with E-state index in [1.807, 2.05) is 0 Å². The molecule has 2 N–H and O–H groups in total. The van der Waals surface area contributed by atoms with Gasteiger partial charge in [-0.1, -0.05) is 0 Å². The molecule has 0 aromatic carbocycles. The van der Waals surface area contributed by atoms with Gasteiger partial charge in [0.15, 0.2) is 0 Å². The Balaban J connectivity index is 2.00. The fourth-order valence-corrected chi connectivity index (χ4v) is 2.00. The molecule has 0 aliphatic carbocycles. The van der Waals surface area contributed by atoms with Crippen LogP contribution >= 0.6 is 0 Å². The molecule has 14 heavy (non-hydrogen) atoms. The van der Waals surface area contributed by atoms with Gasteiger partial charge in [0.25, 0.3) is 0 Å². The highest BCUT2D eigenvalue weighted by Crippen LogP contribution is 2.10. The van der Waals surface area contributed by atoms with E-state index in [0.717, 1.165) is 19.1 Å². The molecule has 1 fully saturated rings. The molecule has 1 rings (SSSR count). The van der Waals surface area contributed by atoms with Gasteiger partial charge in [-0.05, 0) is 46.8 Å². The molecule has 0 aromatic heterocycles. The number of likely N-dealkylation sites (N-methyl/N-ethyl adjacent to an activating group) is 1. The number of hydrogen-bond acceptors (Lipinski definition) is 3. The molecule has 3 nitrogen and oxygen atoms in total. The van der Waals surface area contributed by atoms with Crippen LogP contribution in [0.25, 0.3) is 0 Å². The van der Waals surface area contributed by atoms with E-state index < -0.39 is 0 Å². The molecule has 0 saturated carbocycles. The minimum Gasteiger partial charge on any atom is -0.314 e. The van der Waals surface area contributed by atoms with Crippen LogP contribution in [0.15, 0.2) is 0 Å². The lowest BCUT2D eigenvalue weighted by Crippen LogP contribution is -2.37. The summed E-state index contributed by atoms with van der Waals surface area (Å²) in [5, 5.41) is 7.10. The first-order valence-electron chi connectivity index (χ1n) is 5.80. The third-order valence-corrected chi connectivity index (χ3v) is 2.85. The van der Waals surface area contributed by atoms with Crippen molar-refractivity contribution in [3.8, 4) is 0 Å². The van der Waals surface area contributed by atoms with Gasteiger partial charge in [-0.3, -0.25) is 0 Å². The van der Waals surface area contributed by atoms with Crippen LogP contribution in [0.3, 0.4) is 0 Å². The standard InChI is InChI=1S/C11H25N3/c1-10(12-7-8-14(2)3)9-11-5-4-6-13-11/h10-13H,4-9H2,1-3H3. The Labute approximate surface area is 88.2 Å². The van der Waals surface area contributed by atoms with Gasteiger partial charge in [0.1, 0.15) is 0 Å². The predicted octanol–water partition coefficient (Wildman–Crippen LogP) is 0.668. The molecule has 0 amide bonds. The second kappa shape index (κ2) is 6.38. The second-order valence-electron chi connectivity index (χ2n) is 4.69. The number of nitrogens with one attached hydrogen (secondary N) is 2. The van der Waals surface area contributed by atoms with Crippen molar-refractivity contribution in [2.45, 2.75) is 38.3 Å². The third-order valence-electron chi connectivity index (χ3n) is 2.85. The lowest BCUT2D eigenvalue weighted by atomic mass is 10.1. The minimum absolute atomic E-state index is 0.644. The van der Waals surface area contributed by atoms with Crippen molar-refractivity contribution >= 4 is 0 Å². The van der Waals surface area contributed by atoms with E-state index in [9.17, 15) is 0 Å². The molecule has 2 atom stereocenters.